The Balaban J connectivity index is 1.76. The Morgan fingerprint density at radius 3 is 2.40 bits per heavy atom. The summed E-state index contributed by atoms with van der Waals surface area (Å²) in [5, 5.41) is 15.9. The summed E-state index contributed by atoms with van der Waals surface area (Å²) in [7, 11) is 0. The Morgan fingerprint density at radius 2 is 1.73 bits per heavy atom. The average molecular weight is 418 g/mol. The number of rotatable bonds is 3. The summed E-state index contributed by atoms with van der Waals surface area (Å²) in [6.07, 6.45) is 3.02. The van der Waals surface area contributed by atoms with Crippen molar-refractivity contribution in [2.75, 3.05) is 0 Å². The van der Waals surface area contributed by atoms with Crippen LogP contribution in [-0.4, -0.2) is 49.1 Å². The van der Waals surface area contributed by atoms with Crippen molar-refractivity contribution in [1.82, 2.24) is 25.1 Å². The zero-order chi connectivity index (χ0) is 22.1. The molecule has 9 nitrogen and oxygen atoms in total. The highest BCUT2D eigenvalue weighted by atomic mass is 16.6. The van der Waals surface area contributed by atoms with E-state index >= 15 is 0 Å². The highest BCUT2D eigenvalue weighted by molar-refractivity contribution is 5.87. The summed E-state index contributed by atoms with van der Waals surface area (Å²) in [5.41, 5.74) is -0.367. The molecular weight excluding hydrogens is 386 g/mol. The van der Waals surface area contributed by atoms with E-state index in [1.54, 1.807) is 16.6 Å². The minimum atomic E-state index is -0.604. The topological polar surface area (TPSA) is 108 Å². The van der Waals surface area contributed by atoms with E-state index < -0.39 is 23.3 Å². The largest absolute Gasteiger partial charge is 0.455 e. The Hall–Kier alpha value is -2.71. The van der Waals surface area contributed by atoms with Gasteiger partial charge in [0.2, 0.25) is 0 Å². The van der Waals surface area contributed by atoms with Gasteiger partial charge in [-0.25, -0.2) is 9.59 Å². The van der Waals surface area contributed by atoms with E-state index in [1.807, 2.05) is 41.5 Å². The number of aromatic nitrogens is 4. The van der Waals surface area contributed by atoms with Crippen molar-refractivity contribution in [2.24, 2.45) is 0 Å². The number of hydrogen-bond donors (Lipinski definition) is 1. The molecule has 0 unspecified atom stereocenters. The van der Waals surface area contributed by atoms with Crippen LogP contribution in [0.15, 0.2) is 12.1 Å². The van der Waals surface area contributed by atoms with E-state index in [1.165, 1.54) is 0 Å². The van der Waals surface area contributed by atoms with Gasteiger partial charge in [-0.3, -0.25) is 0 Å². The third-order valence-electron chi connectivity index (χ3n) is 4.66. The molecule has 164 valence electrons. The molecule has 1 saturated carbocycles. The van der Waals surface area contributed by atoms with Gasteiger partial charge in [-0.1, -0.05) is 6.42 Å². The number of carbonyl (C=O) groups excluding carboxylic acids is 2. The fourth-order valence-corrected chi connectivity index (χ4v) is 3.53. The van der Waals surface area contributed by atoms with E-state index in [0.717, 1.165) is 19.3 Å². The molecule has 2 aromatic heterocycles. The molecule has 1 amide bonds. The van der Waals surface area contributed by atoms with Crippen molar-refractivity contribution in [3.05, 3.63) is 23.7 Å². The van der Waals surface area contributed by atoms with E-state index in [4.69, 9.17) is 9.47 Å². The van der Waals surface area contributed by atoms with Crippen LogP contribution in [-0.2, 0) is 9.47 Å². The van der Waals surface area contributed by atoms with Gasteiger partial charge in [0, 0.05) is 12.0 Å². The van der Waals surface area contributed by atoms with Crippen LogP contribution in [0.4, 0.5) is 4.79 Å². The van der Waals surface area contributed by atoms with Gasteiger partial charge in [0.15, 0.2) is 17.2 Å². The molecule has 0 spiro atoms. The average Bonchev–Trinajstić information content (AvgIpc) is 3.02. The van der Waals surface area contributed by atoms with Crippen molar-refractivity contribution >= 4 is 17.7 Å². The predicted octanol–water partition coefficient (Wildman–Crippen LogP) is 3.63. The summed E-state index contributed by atoms with van der Waals surface area (Å²) in [4.78, 5) is 24.5. The summed E-state index contributed by atoms with van der Waals surface area (Å²) < 4.78 is 12.4. The normalized spacial score (nSPS) is 20.1. The third-order valence-corrected chi connectivity index (χ3v) is 4.66. The zero-order valence-corrected chi connectivity index (χ0v) is 18.6. The second-order valence-electron chi connectivity index (χ2n) is 9.76. The first-order chi connectivity index (χ1) is 13.9. The maximum Gasteiger partial charge on any atom is 0.407 e. The van der Waals surface area contributed by atoms with Crippen LogP contribution >= 0.6 is 0 Å². The molecule has 0 saturated heterocycles. The molecule has 1 fully saturated rings. The predicted molar refractivity (Wildman–Crippen MR) is 110 cm³/mol. The van der Waals surface area contributed by atoms with Crippen LogP contribution in [0.1, 0.15) is 89.5 Å². The fraction of sp³-hybridized carbons (Fsp3) is 0.667. The number of hydrogen-bond acceptors (Lipinski definition) is 7. The lowest BCUT2D eigenvalue weighted by atomic mass is 9.85. The van der Waals surface area contributed by atoms with Crippen LogP contribution < -0.4 is 5.32 Å². The number of nitrogens with zero attached hydrogens (tertiary/aromatic N) is 4. The lowest BCUT2D eigenvalue weighted by Crippen LogP contribution is -2.41. The van der Waals surface area contributed by atoms with Crippen molar-refractivity contribution in [3.8, 4) is 0 Å². The number of amides is 1. The number of carbonyl (C=O) groups is 2. The first kappa shape index (κ1) is 22.0. The van der Waals surface area contributed by atoms with Gasteiger partial charge in [-0.05, 0) is 72.9 Å². The zero-order valence-electron chi connectivity index (χ0n) is 18.6. The van der Waals surface area contributed by atoms with Crippen molar-refractivity contribution in [3.63, 3.8) is 0 Å². The monoisotopic (exact) mass is 417 g/mol. The number of nitrogens with one attached hydrogen (secondary N) is 1. The fourth-order valence-electron chi connectivity index (χ4n) is 3.53. The Kier molecular flexibility index (Phi) is 6.01. The SMILES string of the molecule is CC(C)(C)OC(=O)N[C@@H]1CCC[C@H](c2nnc3ccc(C(=O)OC(C)(C)C)nn23)C1. The van der Waals surface area contributed by atoms with Gasteiger partial charge >= 0.3 is 12.1 Å². The molecule has 2 heterocycles. The molecule has 2 aromatic rings. The van der Waals surface area contributed by atoms with Gasteiger partial charge in [-0.2, -0.15) is 9.61 Å². The van der Waals surface area contributed by atoms with E-state index in [2.05, 4.69) is 20.6 Å². The van der Waals surface area contributed by atoms with Crippen molar-refractivity contribution in [2.45, 2.75) is 90.4 Å². The standard InChI is InChI=1S/C21H31N5O4/c1-20(2,3)29-18(27)15-10-11-16-23-24-17(26(16)25-15)13-8-7-9-14(12-13)22-19(28)30-21(4,5)6/h10-11,13-14H,7-9,12H2,1-6H3,(H,22,28)/t13-,14+/m0/s1. The number of alkyl carbamates (subject to hydrolysis) is 1. The number of esters is 1. The smallest absolute Gasteiger partial charge is 0.407 e. The Bertz CT molecular complexity index is 926. The molecular formula is C21H31N5O4. The van der Waals surface area contributed by atoms with Gasteiger partial charge in [-0.15, -0.1) is 10.2 Å². The maximum absolute atomic E-state index is 12.4. The van der Waals surface area contributed by atoms with Crippen LogP contribution in [0.3, 0.4) is 0 Å². The van der Waals surface area contributed by atoms with Crippen molar-refractivity contribution < 1.29 is 19.1 Å². The Morgan fingerprint density at radius 1 is 1.03 bits per heavy atom. The van der Waals surface area contributed by atoms with E-state index in [9.17, 15) is 9.59 Å². The van der Waals surface area contributed by atoms with Crippen LogP contribution in [0, 0.1) is 0 Å². The van der Waals surface area contributed by atoms with E-state index in [-0.39, 0.29) is 17.7 Å². The van der Waals surface area contributed by atoms with Gasteiger partial charge in [0.25, 0.3) is 0 Å². The minimum Gasteiger partial charge on any atom is -0.455 e. The second-order valence-corrected chi connectivity index (χ2v) is 9.76. The summed E-state index contributed by atoms with van der Waals surface area (Å²) >= 11 is 0. The lowest BCUT2D eigenvalue weighted by Gasteiger charge is -2.29. The number of ether oxygens (including phenoxy) is 2. The third kappa shape index (κ3) is 5.67. The summed E-state index contributed by atoms with van der Waals surface area (Å²) in [5.74, 6) is 0.262. The summed E-state index contributed by atoms with van der Waals surface area (Å²) in [6, 6.07) is 3.29. The molecule has 0 radical (unpaired) electrons. The van der Waals surface area contributed by atoms with Gasteiger partial charge in [0.1, 0.15) is 11.2 Å². The highest BCUT2D eigenvalue weighted by Gasteiger charge is 2.30. The molecule has 0 aliphatic heterocycles. The lowest BCUT2D eigenvalue weighted by molar-refractivity contribution is 0.00607. The summed E-state index contributed by atoms with van der Waals surface area (Å²) in [6.45, 7) is 11.0. The molecule has 2 atom stereocenters. The van der Waals surface area contributed by atoms with Crippen LogP contribution in [0.5, 0.6) is 0 Å². The molecule has 1 aliphatic rings. The quantitative estimate of drug-likeness (QED) is 0.760. The molecule has 9 heteroatoms. The molecule has 3 rings (SSSR count). The number of fused-ring (bicyclic) bond motifs is 1. The second kappa shape index (κ2) is 8.20. The molecule has 30 heavy (non-hydrogen) atoms. The Labute approximate surface area is 176 Å². The highest BCUT2D eigenvalue weighted by Crippen LogP contribution is 2.32. The van der Waals surface area contributed by atoms with Gasteiger partial charge in [0.05, 0.1) is 0 Å². The van der Waals surface area contributed by atoms with E-state index in [0.29, 0.717) is 17.9 Å². The first-order valence-electron chi connectivity index (χ1n) is 10.4. The minimum absolute atomic E-state index is 0.0139. The van der Waals surface area contributed by atoms with Crippen molar-refractivity contribution in [1.29, 1.82) is 0 Å². The maximum atomic E-state index is 12.4. The van der Waals surface area contributed by atoms with Crippen LogP contribution in [0.2, 0.25) is 0 Å². The molecule has 1 aliphatic carbocycles. The van der Waals surface area contributed by atoms with Crippen LogP contribution in [0.25, 0.3) is 5.65 Å². The molecule has 1 N–H and O–H groups in total. The van der Waals surface area contributed by atoms with Gasteiger partial charge < -0.3 is 14.8 Å². The molecule has 0 bridgehead atoms. The first-order valence-corrected chi connectivity index (χ1v) is 10.4. The molecule has 0 aromatic carbocycles.